The van der Waals surface area contributed by atoms with E-state index in [0.717, 1.165) is 0 Å². The van der Waals surface area contributed by atoms with Crippen LogP contribution in [0.4, 0.5) is 0 Å². The Bertz CT molecular complexity index is 482. The highest BCUT2D eigenvalue weighted by atomic mass is 16.5. The number of rotatable bonds is 9. The van der Waals surface area contributed by atoms with E-state index >= 15 is 0 Å². The van der Waals surface area contributed by atoms with E-state index in [1.807, 2.05) is 6.92 Å². The van der Waals surface area contributed by atoms with Gasteiger partial charge in [0.05, 0.1) is 6.42 Å². The maximum absolute atomic E-state index is 12.7. The van der Waals surface area contributed by atoms with Gasteiger partial charge < -0.3 is 15.3 Å². The van der Waals surface area contributed by atoms with E-state index in [2.05, 4.69) is 5.32 Å². The third kappa shape index (κ3) is 5.80. The molecule has 0 aromatic carbocycles. The first-order valence-corrected chi connectivity index (χ1v) is 8.13. The molecule has 0 saturated carbocycles. The number of amides is 3. The quantitative estimate of drug-likeness (QED) is 0.340. The van der Waals surface area contributed by atoms with Crippen molar-refractivity contribution in [3.05, 3.63) is 0 Å². The van der Waals surface area contributed by atoms with Gasteiger partial charge in [0, 0.05) is 25.4 Å². The molecule has 3 amide bonds. The van der Waals surface area contributed by atoms with E-state index in [0.29, 0.717) is 32.2 Å². The number of hydrogen-bond acceptors (Lipinski definition) is 5. The van der Waals surface area contributed by atoms with Gasteiger partial charge in [-0.2, -0.15) is 0 Å². The van der Waals surface area contributed by atoms with Crippen molar-refractivity contribution >= 4 is 23.7 Å². The first kappa shape index (κ1) is 19.9. The molecule has 0 aromatic rings. The van der Waals surface area contributed by atoms with E-state index in [-0.39, 0.29) is 31.2 Å². The summed E-state index contributed by atoms with van der Waals surface area (Å²) in [6.45, 7) is 2.33. The Labute approximate surface area is 140 Å². The van der Waals surface area contributed by atoms with Crippen molar-refractivity contribution in [3.8, 4) is 0 Å². The number of aliphatic carboxylic acids is 1. The van der Waals surface area contributed by atoms with Crippen molar-refractivity contribution in [1.82, 2.24) is 15.7 Å². The molecular formula is C15H25N3O6. The van der Waals surface area contributed by atoms with Gasteiger partial charge in [0.2, 0.25) is 17.7 Å². The smallest absolute Gasteiger partial charge is 0.305 e. The van der Waals surface area contributed by atoms with Crippen molar-refractivity contribution < 1.29 is 29.5 Å². The average molecular weight is 343 g/mol. The summed E-state index contributed by atoms with van der Waals surface area (Å²) in [7, 11) is 0. The summed E-state index contributed by atoms with van der Waals surface area (Å²) in [5.41, 5.74) is 1.53. The zero-order valence-corrected chi connectivity index (χ0v) is 13.8. The number of hydroxylamine groups is 1. The number of nitrogens with zero attached hydrogens (tertiary/aromatic N) is 1. The normalized spacial score (nSPS) is 18.1. The maximum atomic E-state index is 12.7. The molecule has 1 rings (SSSR count). The summed E-state index contributed by atoms with van der Waals surface area (Å²) >= 11 is 0. The van der Waals surface area contributed by atoms with Crippen LogP contribution in [-0.4, -0.2) is 58.0 Å². The van der Waals surface area contributed by atoms with Crippen molar-refractivity contribution in [2.45, 2.75) is 51.5 Å². The molecule has 0 aromatic heterocycles. The lowest BCUT2D eigenvalue weighted by Gasteiger charge is -2.28. The van der Waals surface area contributed by atoms with Crippen LogP contribution in [0.2, 0.25) is 0 Å². The minimum Gasteiger partial charge on any atom is -0.481 e. The summed E-state index contributed by atoms with van der Waals surface area (Å²) in [6.07, 6.45) is 2.05. The van der Waals surface area contributed by atoms with Crippen molar-refractivity contribution in [3.63, 3.8) is 0 Å². The molecule has 1 fully saturated rings. The number of carbonyl (C=O) groups excluding carboxylic acids is 3. The van der Waals surface area contributed by atoms with Gasteiger partial charge in [-0.3, -0.25) is 24.4 Å². The number of carboxylic acid groups (broad SMARTS) is 1. The molecular weight excluding hydrogens is 318 g/mol. The van der Waals surface area contributed by atoms with Crippen molar-refractivity contribution in [1.29, 1.82) is 0 Å². The Hall–Kier alpha value is -2.16. The Balaban J connectivity index is 2.69. The summed E-state index contributed by atoms with van der Waals surface area (Å²) < 4.78 is 0. The second kappa shape index (κ2) is 9.86. The minimum atomic E-state index is -1.01. The molecule has 9 nitrogen and oxygen atoms in total. The lowest BCUT2D eigenvalue weighted by atomic mass is 9.97. The summed E-state index contributed by atoms with van der Waals surface area (Å²) in [4.78, 5) is 48.2. The summed E-state index contributed by atoms with van der Waals surface area (Å²) in [5.74, 6) is -2.88. The van der Waals surface area contributed by atoms with Gasteiger partial charge in [0.1, 0.15) is 6.04 Å². The van der Waals surface area contributed by atoms with Crippen LogP contribution in [0.5, 0.6) is 0 Å². The van der Waals surface area contributed by atoms with Gasteiger partial charge in [0.15, 0.2) is 0 Å². The Morgan fingerprint density at radius 3 is 2.58 bits per heavy atom. The average Bonchev–Trinajstić information content (AvgIpc) is 3.02. The van der Waals surface area contributed by atoms with E-state index < -0.39 is 23.8 Å². The molecule has 4 N–H and O–H groups in total. The van der Waals surface area contributed by atoms with Gasteiger partial charge in [-0.25, -0.2) is 5.48 Å². The fourth-order valence-electron chi connectivity index (χ4n) is 2.88. The first-order valence-electron chi connectivity index (χ1n) is 8.13. The Kier molecular flexibility index (Phi) is 8.17. The highest BCUT2D eigenvalue weighted by Crippen LogP contribution is 2.23. The van der Waals surface area contributed by atoms with Crippen LogP contribution < -0.4 is 10.8 Å². The molecule has 9 heteroatoms. The molecule has 136 valence electrons. The van der Waals surface area contributed by atoms with Crippen molar-refractivity contribution in [2.24, 2.45) is 5.92 Å². The summed E-state index contributed by atoms with van der Waals surface area (Å²) in [6, 6.07) is -0.636. The van der Waals surface area contributed by atoms with Gasteiger partial charge in [-0.05, 0) is 19.3 Å². The Morgan fingerprint density at radius 1 is 1.29 bits per heavy atom. The van der Waals surface area contributed by atoms with Crippen LogP contribution in [0.15, 0.2) is 0 Å². The number of carboxylic acids is 1. The van der Waals surface area contributed by atoms with Crippen molar-refractivity contribution in [2.75, 3.05) is 13.1 Å². The molecule has 0 radical (unpaired) electrons. The minimum absolute atomic E-state index is 0.0119. The predicted octanol–water partition coefficient (Wildman–Crippen LogP) is -0.120. The van der Waals surface area contributed by atoms with Crippen LogP contribution in [0.3, 0.4) is 0 Å². The molecule has 1 aliphatic heterocycles. The second-order valence-electron chi connectivity index (χ2n) is 5.85. The standard InChI is InChI=1S/C15H25N3O6/c1-2-4-10(9-12(19)17-24)15(23)18-8-3-5-11(18)14(22)16-7-6-13(20)21/h10-11,24H,2-9H2,1H3,(H,16,22)(H,17,19)(H,20,21). The van der Waals surface area contributed by atoms with E-state index in [1.165, 1.54) is 10.4 Å². The fraction of sp³-hybridized carbons (Fsp3) is 0.733. The lowest BCUT2D eigenvalue weighted by Crippen LogP contribution is -2.48. The van der Waals surface area contributed by atoms with Crippen LogP contribution >= 0.6 is 0 Å². The van der Waals surface area contributed by atoms with Gasteiger partial charge in [-0.1, -0.05) is 13.3 Å². The molecule has 1 heterocycles. The van der Waals surface area contributed by atoms with Gasteiger partial charge in [-0.15, -0.1) is 0 Å². The molecule has 0 aliphatic carbocycles. The molecule has 1 aliphatic rings. The molecule has 2 atom stereocenters. The van der Waals surface area contributed by atoms with Crippen LogP contribution in [0.1, 0.15) is 45.4 Å². The molecule has 2 unspecified atom stereocenters. The van der Waals surface area contributed by atoms with Crippen LogP contribution in [0, 0.1) is 5.92 Å². The zero-order chi connectivity index (χ0) is 18.1. The van der Waals surface area contributed by atoms with E-state index in [4.69, 9.17) is 10.3 Å². The zero-order valence-electron chi connectivity index (χ0n) is 13.8. The van der Waals surface area contributed by atoms with Gasteiger partial charge in [0.25, 0.3) is 0 Å². The number of nitrogens with one attached hydrogen (secondary N) is 2. The van der Waals surface area contributed by atoms with Crippen LogP contribution in [-0.2, 0) is 19.2 Å². The fourth-order valence-corrected chi connectivity index (χ4v) is 2.88. The molecule has 0 spiro atoms. The van der Waals surface area contributed by atoms with E-state index in [1.54, 1.807) is 0 Å². The first-order chi connectivity index (χ1) is 11.4. The molecule has 1 saturated heterocycles. The third-order valence-electron chi connectivity index (χ3n) is 4.02. The number of hydrogen-bond donors (Lipinski definition) is 4. The summed E-state index contributed by atoms with van der Waals surface area (Å²) in [5, 5.41) is 19.8. The predicted molar refractivity (Wildman–Crippen MR) is 82.9 cm³/mol. The van der Waals surface area contributed by atoms with Crippen LogP contribution in [0.25, 0.3) is 0 Å². The maximum Gasteiger partial charge on any atom is 0.305 e. The number of carbonyl (C=O) groups is 4. The third-order valence-corrected chi connectivity index (χ3v) is 4.02. The Morgan fingerprint density at radius 2 is 2.00 bits per heavy atom. The topological polar surface area (TPSA) is 136 Å². The largest absolute Gasteiger partial charge is 0.481 e. The SMILES string of the molecule is CCCC(CC(=O)NO)C(=O)N1CCCC1C(=O)NCCC(=O)O. The lowest BCUT2D eigenvalue weighted by molar-refractivity contribution is -0.144. The second-order valence-corrected chi connectivity index (χ2v) is 5.85. The monoisotopic (exact) mass is 343 g/mol. The molecule has 0 bridgehead atoms. The highest BCUT2D eigenvalue weighted by Gasteiger charge is 2.37. The molecule has 24 heavy (non-hydrogen) atoms. The van der Waals surface area contributed by atoms with E-state index in [9.17, 15) is 19.2 Å². The number of likely N-dealkylation sites (tertiary alicyclic amines) is 1. The highest BCUT2D eigenvalue weighted by molar-refractivity contribution is 5.91. The van der Waals surface area contributed by atoms with Gasteiger partial charge >= 0.3 is 5.97 Å².